The van der Waals surface area contributed by atoms with Crippen LogP contribution < -0.4 is 10.0 Å². The number of hydrogen-bond acceptors (Lipinski definition) is 6. The lowest BCUT2D eigenvalue weighted by Crippen LogP contribution is -2.37. The average Bonchev–Trinajstić information content (AvgIpc) is 2.83. The van der Waals surface area contributed by atoms with E-state index >= 15 is 0 Å². The topological polar surface area (TPSA) is 114 Å². The van der Waals surface area contributed by atoms with Gasteiger partial charge in [0.1, 0.15) is 5.84 Å². The molecule has 0 aromatic heterocycles. The fourth-order valence-corrected chi connectivity index (χ4v) is 3.52. The van der Waals surface area contributed by atoms with E-state index in [1.807, 2.05) is 13.8 Å². The van der Waals surface area contributed by atoms with Crippen molar-refractivity contribution in [3.05, 3.63) is 29.8 Å². The van der Waals surface area contributed by atoms with Gasteiger partial charge < -0.3 is 10.1 Å². The molecule has 0 aliphatic carbocycles. The number of carbonyl (C=O) groups is 2. The molecule has 1 heterocycles. The summed E-state index contributed by atoms with van der Waals surface area (Å²) in [6.45, 7) is 5.98. The first-order valence-corrected chi connectivity index (χ1v) is 9.83. The van der Waals surface area contributed by atoms with E-state index < -0.39 is 22.1 Å². The van der Waals surface area contributed by atoms with Crippen LogP contribution in [0.1, 0.15) is 32.8 Å². The Morgan fingerprint density at radius 2 is 1.92 bits per heavy atom. The van der Waals surface area contributed by atoms with Crippen LogP contribution in [0.3, 0.4) is 0 Å². The molecule has 0 fully saturated rings. The Kier molecular flexibility index (Phi) is 6.36. The fourth-order valence-electron chi connectivity index (χ4n) is 2.27. The van der Waals surface area contributed by atoms with Gasteiger partial charge >= 0.3 is 5.97 Å². The zero-order valence-corrected chi connectivity index (χ0v) is 15.8. The zero-order valence-electron chi connectivity index (χ0n) is 15.0. The maximum atomic E-state index is 12.0. The molecule has 0 spiro atoms. The van der Waals surface area contributed by atoms with Crippen LogP contribution in [0.5, 0.6) is 0 Å². The van der Waals surface area contributed by atoms with Gasteiger partial charge in [-0.2, -0.15) is 0 Å². The number of ether oxygens (including phenoxy) is 1. The van der Waals surface area contributed by atoms with Crippen LogP contribution in [0.25, 0.3) is 0 Å². The first-order chi connectivity index (χ1) is 12.2. The minimum Gasteiger partial charge on any atom is -0.452 e. The summed E-state index contributed by atoms with van der Waals surface area (Å²) >= 11 is 0. The van der Waals surface area contributed by atoms with Gasteiger partial charge in [-0.3, -0.25) is 19.3 Å². The number of aliphatic imine (C=N–C) groups is 1. The molecule has 1 unspecified atom stereocenters. The number of benzene rings is 1. The summed E-state index contributed by atoms with van der Waals surface area (Å²) in [5, 5.41) is 2.69. The predicted molar refractivity (Wildman–Crippen MR) is 96.2 cm³/mol. The van der Waals surface area contributed by atoms with E-state index in [0.29, 0.717) is 18.0 Å². The number of carbonyl (C=O) groups excluding carboxylic acids is 2. The number of esters is 1. The summed E-state index contributed by atoms with van der Waals surface area (Å²) in [5.41, 5.74) is 0.474. The SMILES string of the molecule is CC(C)CNC(=O)C(C)OC(=O)CCN=C1NS(=O)(=O)c2ccccc21. The number of rotatable bonds is 7. The van der Waals surface area contributed by atoms with Gasteiger partial charge in [-0.25, -0.2) is 8.42 Å². The molecule has 0 radical (unpaired) electrons. The van der Waals surface area contributed by atoms with Crippen molar-refractivity contribution >= 4 is 27.7 Å². The molecule has 2 rings (SSSR count). The summed E-state index contributed by atoms with van der Waals surface area (Å²) in [6.07, 6.45) is -0.950. The van der Waals surface area contributed by atoms with Crippen LogP contribution in [0, 0.1) is 5.92 Å². The molecule has 1 aliphatic heterocycles. The summed E-state index contributed by atoms with van der Waals surface area (Å²) in [4.78, 5) is 27.9. The van der Waals surface area contributed by atoms with Crippen LogP contribution in [0.4, 0.5) is 0 Å². The molecule has 142 valence electrons. The third kappa shape index (κ3) is 5.04. The Morgan fingerprint density at radius 3 is 2.62 bits per heavy atom. The molecule has 1 aromatic rings. The Morgan fingerprint density at radius 1 is 1.23 bits per heavy atom. The molecule has 1 atom stereocenters. The molecule has 0 bridgehead atoms. The van der Waals surface area contributed by atoms with Crippen molar-refractivity contribution in [2.24, 2.45) is 10.9 Å². The van der Waals surface area contributed by atoms with Crippen LogP contribution in [0.15, 0.2) is 34.2 Å². The number of amides is 1. The molecular weight excluding hydrogens is 358 g/mol. The van der Waals surface area contributed by atoms with E-state index in [2.05, 4.69) is 15.0 Å². The second kappa shape index (κ2) is 8.31. The van der Waals surface area contributed by atoms with Gasteiger partial charge in [0.2, 0.25) is 0 Å². The smallest absolute Gasteiger partial charge is 0.308 e. The van der Waals surface area contributed by atoms with Gasteiger partial charge in [0.25, 0.3) is 15.9 Å². The minimum absolute atomic E-state index is 0.0470. The standard InChI is InChI=1S/C17H23N3O5S/c1-11(2)10-19-17(22)12(3)25-15(21)8-9-18-16-13-6-4-5-7-14(13)26(23,24)20-16/h4-7,11-12H,8-10H2,1-3H3,(H,18,20)(H,19,22). The Balaban J connectivity index is 1.87. The predicted octanol–water partition coefficient (Wildman–Crippen LogP) is 0.819. The monoisotopic (exact) mass is 381 g/mol. The quantitative estimate of drug-likeness (QED) is 0.679. The van der Waals surface area contributed by atoms with Crippen molar-refractivity contribution in [1.82, 2.24) is 10.0 Å². The second-order valence-electron chi connectivity index (χ2n) is 6.35. The first kappa shape index (κ1) is 19.9. The number of nitrogens with one attached hydrogen (secondary N) is 2. The van der Waals surface area contributed by atoms with Gasteiger partial charge in [-0.1, -0.05) is 26.0 Å². The van der Waals surface area contributed by atoms with E-state index in [9.17, 15) is 18.0 Å². The average molecular weight is 381 g/mol. The fraction of sp³-hybridized carbons (Fsp3) is 0.471. The number of sulfonamides is 1. The molecule has 26 heavy (non-hydrogen) atoms. The van der Waals surface area contributed by atoms with Gasteiger partial charge in [-0.05, 0) is 25.0 Å². The summed E-state index contributed by atoms with van der Waals surface area (Å²) in [7, 11) is -3.60. The molecule has 0 saturated heterocycles. The number of fused-ring (bicyclic) bond motifs is 1. The Labute approximate surface area is 153 Å². The van der Waals surface area contributed by atoms with Crippen molar-refractivity contribution < 1.29 is 22.7 Å². The van der Waals surface area contributed by atoms with Crippen molar-refractivity contribution in [1.29, 1.82) is 0 Å². The number of hydrogen-bond donors (Lipinski definition) is 2. The van der Waals surface area contributed by atoms with Gasteiger partial charge in [0, 0.05) is 12.1 Å². The molecule has 8 nitrogen and oxygen atoms in total. The normalized spacial score (nSPS) is 17.5. The molecular formula is C17H23N3O5S. The third-order valence-electron chi connectivity index (χ3n) is 3.61. The molecule has 1 aromatic carbocycles. The van der Waals surface area contributed by atoms with E-state index in [4.69, 9.17) is 4.74 Å². The highest BCUT2D eigenvalue weighted by molar-refractivity contribution is 7.90. The largest absolute Gasteiger partial charge is 0.452 e. The third-order valence-corrected chi connectivity index (χ3v) is 5.01. The summed E-state index contributed by atoms with van der Waals surface area (Å²) in [5.74, 6) is -0.418. The summed E-state index contributed by atoms with van der Waals surface area (Å²) < 4.78 is 31.3. The Bertz CT molecular complexity index is 817. The zero-order chi connectivity index (χ0) is 19.3. The van der Waals surface area contributed by atoms with E-state index in [1.165, 1.54) is 13.0 Å². The first-order valence-electron chi connectivity index (χ1n) is 8.34. The summed E-state index contributed by atoms with van der Waals surface area (Å²) in [6, 6.07) is 6.48. The van der Waals surface area contributed by atoms with Gasteiger partial charge in [0.05, 0.1) is 17.9 Å². The lowest BCUT2D eigenvalue weighted by molar-refractivity contribution is -0.154. The van der Waals surface area contributed by atoms with Crippen molar-refractivity contribution in [3.8, 4) is 0 Å². The van der Waals surface area contributed by atoms with E-state index in [-0.39, 0.29) is 29.6 Å². The Hall–Kier alpha value is -2.42. The maximum Gasteiger partial charge on any atom is 0.308 e. The molecule has 0 saturated carbocycles. The molecule has 9 heteroatoms. The number of amidine groups is 1. The minimum atomic E-state index is -3.60. The van der Waals surface area contributed by atoms with Crippen LogP contribution in [0.2, 0.25) is 0 Å². The highest BCUT2D eigenvalue weighted by atomic mass is 32.2. The number of nitrogens with zero attached hydrogens (tertiary/aromatic N) is 1. The lowest BCUT2D eigenvalue weighted by Gasteiger charge is -2.14. The van der Waals surface area contributed by atoms with Gasteiger partial charge in [0.15, 0.2) is 6.10 Å². The van der Waals surface area contributed by atoms with E-state index in [1.54, 1.807) is 18.2 Å². The van der Waals surface area contributed by atoms with Crippen molar-refractivity contribution in [2.75, 3.05) is 13.1 Å². The maximum absolute atomic E-state index is 12.0. The highest BCUT2D eigenvalue weighted by Gasteiger charge is 2.30. The molecule has 2 N–H and O–H groups in total. The van der Waals surface area contributed by atoms with Gasteiger partial charge in [-0.15, -0.1) is 0 Å². The van der Waals surface area contributed by atoms with E-state index in [0.717, 1.165) is 0 Å². The molecule has 1 aliphatic rings. The highest BCUT2D eigenvalue weighted by Crippen LogP contribution is 2.22. The second-order valence-corrected chi connectivity index (χ2v) is 8.00. The van der Waals surface area contributed by atoms with Crippen molar-refractivity contribution in [3.63, 3.8) is 0 Å². The van der Waals surface area contributed by atoms with Crippen LogP contribution in [-0.4, -0.2) is 45.3 Å². The van der Waals surface area contributed by atoms with Crippen LogP contribution >= 0.6 is 0 Å². The lowest BCUT2D eigenvalue weighted by atomic mass is 10.2. The van der Waals surface area contributed by atoms with Crippen LogP contribution in [-0.2, 0) is 24.3 Å². The molecule has 1 amide bonds. The van der Waals surface area contributed by atoms with Crippen molar-refractivity contribution in [2.45, 2.75) is 38.2 Å².